The number of hydrogen-bond acceptors (Lipinski definition) is 2. The maximum Gasteiger partial charge on any atom is 0.202 e. The zero-order valence-electron chi connectivity index (χ0n) is 6.06. The SMILES string of the molecule is C[C@]12O[C@H]1CCC(Cl)(Cl)C2=O. The number of fused-ring (bicyclic) bond motifs is 1. The molecule has 1 aliphatic heterocycles. The minimum absolute atomic E-state index is 0.0700. The molecule has 2 aliphatic rings. The summed E-state index contributed by atoms with van der Waals surface area (Å²) in [6.45, 7) is 1.75. The van der Waals surface area contributed by atoms with Crippen LogP contribution in [0.5, 0.6) is 0 Å². The van der Waals surface area contributed by atoms with Crippen molar-refractivity contribution in [3.8, 4) is 0 Å². The summed E-state index contributed by atoms with van der Waals surface area (Å²) < 4.78 is 3.99. The van der Waals surface area contributed by atoms with Gasteiger partial charge in [-0.05, 0) is 19.8 Å². The number of carbonyl (C=O) groups excluding carboxylic acids is 1. The first-order chi connectivity index (χ1) is 4.97. The van der Waals surface area contributed by atoms with Gasteiger partial charge in [0.15, 0.2) is 9.93 Å². The summed E-state index contributed by atoms with van der Waals surface area (Å²) in [7, 11) is 0. The number of carbonyl (C=O) groups is 1. The van der Waals surface area contributed by atoms with Gasteiger partial charge in [-0.15, -0.1) is 0 Å². The van der Waals surface area contributed by atoms with Crippen LogP contribution in [0.4, 0.5) is 0 Å². The highest BCUT2D eigenvalue weighted by Gasteiger charge is 2.66. The Labute approximate surface area is 74.8 Å². The van der Waals surface area contributed by atoms with Crippen LogP contribution in [0.2, 0.25) is 0 Å². The molecule has 0 aromatic carbocycles. The molecular formula is C7H8Cl2O2. The van der Waals surface area contributed by atoms with Gasteiger partial charge in [-0.25, -0.2) is 0 Å². The lowest BCUT2D eigenvalue weighted by atomic mass is 9.88. The minimum atomic E-state index is -1.21. The van der Waals surface area contributed by atoms with Crippen LogP contribution in [0.3, 0.4) is 0 Å². The molecule has 0 aromatic rings. The first-order valence-corrected chi connectivity index (χ1v) is 4.33. The average molecular weight is 195 g/mol. The topological polar surface area (TPSA) is 29.6 Å². The highest BCUT2D eigenvalue weighted by Crippen LogP contribution is 2.51. The van der Waals surface area contributed by atoms with Crippen LogP contribution in [0, 0.1) is 0 Å². The molecule has 1 heterocycles. The molecule has 0 amide bonds. The van der Waals surface area contributed by atoms with E-state index in [1.54, 1.807) is 6.92 Å². The van der Waals surface area contributed by atoms with E-state index in [2.05, 4.69) is 0 Å². The Morgan fingerprint density at radius 3 is 2.82 bits per heavy atom. The zero-order chi connectivity index (χ0) is 8.28. The molecule has 0 spiro atoms. The maximum atomic E-state index is 11.4. The third kappa shape index (κ3) is 0.930. The van der Waals surface area contributed by atoms with E-state index in [4.69, 9.17) is 27.9 Å². The summed E-state index contributed by atoms with van der Waals surface area (Å²) in [5.74, 6) is -0.176. The number of ketones is 1. The fraction of sp³-hybridized carbons (Fsp3) is 0.857. The molecule has 1 aliphatic carbocycles. The Kier molecular flexibility index (Phi) is 1.37. The molecule has 11 heavy (non-hydrogen) atoms. The summed E-state index contributed by atoms with van der Waals surface area (Å²) in [6.07, 6.45) is 1.37. The fourth-order valence-electron chi connectivity index (χ4n) is 1.58. The molecule has 1 saturated heterocycles. The molecule has 0 unspecified atom stereocenters. The zero-order valence-corrected chi connectivity index (χ0v) is 7.58. The van der Waals surface area contributed by atoms with Gasteiger partial charge in [-0.2, -0.15) is 0 Å². The van der Waals surface area contributed by atoms with E-state index in [1.165, 1.54) is 0 Å². The summed E-state index contributed by atoms with van der Waals surface area (Å²) in [5, 5.41) is 0. The van der Waals surface area contributed by atoms with E-state index >= 15 is 0 Å². The van der Waals surface area contributed by atoms with Gasteiger partial charge in [0.25, 0.3) is 0 Å². The molecule has 62 valence electrons. The molecule has 1 saturated carbocycles. The maximum absolute atomic E-state index is 11.4. The molecule has 0 bridgehead atoms. The minimum Gasteiger partial charge on any atom is -0.358 e. The Morgan fingerprint density at radius 2 is 2.27 bits per heavy atom. The van der Waals surface area contributed by atoms with E-state index < -0.39 is 9.93 Å². The summed E-state index contributed by atoms with van der Waals surface area (Å²) in [4.78, 5) is 11.4. The first-order valence-electron chi connectivity index (χ1n) is 3.57. The van der Waals surface area contributed by atoms with Crippen molar-refractivity contribution in [3.63, 3.8) is 0 Å². The predicted octanol–water partition coefficient (Wildman–Crippen LogP) is 1.68. The smallest absolute Gasteiger partial charge is 0.202 e. The molecule has 2 fully saturated rings. The van der Waals surface area contributed by atoms with Gasteiger partial charge < -0.3 is 4.74 Å². The second kappa shape index (κ2) is 1.93. The molecule has 2 rings (SSSR count). The number of ether oxygens (including phenoxy) is 1. The van der Waals surface area contributed by atoms with Crippen LogP contribution in [-0.2, 0) is 9.53 Å². The van der Waals surface area contributed by atoms with Crippen LogP contribution in [-0.4, -0.2) is 21.8 Å². The average Bonchev–Trinajstić information content (AvgIpc) is 2.57. The Morgan fingerprint density at radius 1 is 1.64 bits per heavy atom. The predicted molar refractivity (Wildman–Crippen MR) is 42.0 cm³/mol. The Balaban J connectivity index is 2.28. The van der Waals surface area contributed by atoms with Crippen LogP contribution in [0.25, 0.3) is 0 Å². The number of Topliss-reactive ketones (excluding diaryl/α,β-unsaturated/α-hetero) is 1. The third-order valence-electron chi connectivity index (χ3n) is 2.45. The number of halogens is 2. The van der Waals surface area contributed by atoms with Crippen molar-refractivity contribution >= 4 is 29.0 Å². The number of rotatable bonds is 0. The van der Waals surface area contributed by atoms with Crippen molar-refractivity contribution in [2.45, 2.75) is 35.8 Å². The van der Waals surface area contributed by atoms with E-state index in [0.717, 1.165) is 6.42 Å². The molecule has 0 N–H and O–H groups in total. The number of epoxide rings is 1. The second-order valence-corrected chi connectivity index (χ2v) is 4.77. The molecule has 0 radical (unpaired) electrons. The lowest BCUT2D eigenvalue weighted by molar-refractivity contribution is -0.124. The monoisotopic (exact) mass is 194 g/mol. The Hall–Kier alpha value is 0.210. The van der Waals surface area contributed by atoms with Gasteiger partial charge in [-0.1, -0.05) is 23.2 Å². The van der Waals surface area contributed by atoms with E-state index in [-0.39, 0.29) is 11.9 Å². The van der Waals surface area contributed by atoms with E-state index in [0.29, 0.717) is 6.42 Å². The highest BCUT2D eigenvalue weighted by molar-refractivity contribution is 6.59. The van der Waals surface area contributed by atoms with Crippen LogP contribution < -0.4 is 0 Å². The quantitative estimate of drug-likeness (QED) is 0.434. The van der Waals surface area contributed by atoms with Gasteiger partial charge in [-0.3, -0.25) is 4.79 Å². The fourth-order valence-corrected chi connectivity index (χ4v) is 2.18. The van der Waals surface area contributed by atoms with Crippen LogP contribution in [0.1, 0.15) is 19.8 Å². The second-order valence-electron chi connectivity index (χ2n) is 3.29. The molecule has 0 aromatic heterocycles. The third-order valence-corrected chi connectivity index (χ3v) is 3.17. The molecule has 4 heteroatoms. The van der Waals surface area contributed by atoms with Gasteiger partial charge in [0.2, 0.25) is 5.78 Å². The largest absolute Gasteiger partial charge is 0.358 e. The molecular weight excluding hydrogens is 187 g/mol. The lowest BCUT2D eigenvalue weighted by Crippen LogP contribution is -2.42. The lowest BCUT2D eigenvalue weighted by Gasteiger charge is -2.23. The van der Waals surface area contributed by atoms with Crippen molar-refractivity contribution in [2.24, 2.45) is 0 Å². The summed E-state index contributed by atoms with van der Waals surface area (Å²) in [5.41, 5.74) is -0.665. The molecule has 2 nitrogen and oxygen atoms in total. The molecule has 2 atom stereocenters. The number of alkyl halides is 2. The standard InChI is InChI=1S/C7H8Cl2O2/c1-6-4(11-6)2-3-7(8,9)5(6)10/h4H,2-3H2,1H3/t4-,6-/m0/s1. The van der Waals surface area contributed by atoms with E-state index in [1.807, 2.05) is 0 Å². The van der Waals surface area contributed by atoms with Crippen LogP contribution >= 0.6 is 23.2 Å². The van der Waals surface area contributed by atoms with Crippen molar-refractivity contribution in [1.29, 1.82) is 0 Å². The normalized spacial score (nSPS) is 46.8. The van der Waals surface area contributed by atoms with Crippen molar-refractivity contribution in [2.75, 3.05) is 0 Å². The van der Waals surface area contributed by atoms with Gasteiger partial charge >= 0.3 is 0 Å². The Bertz CT molecular complexity index is 220. The van der Waals surface area contributed by atoms with Crippen molar-refractivity contribution in [3.05, 3.63) is 0 Å². The van der Waals surface area contributed by atoms with Crippen molar-refractivity contribution in [1.82, 2.24) is 0 Å². The highest BCUT2D eigenvalue weighted by atomic mass is 35.5. The van der Waals surface area contributed by atoms with Gasteiger partial charge in [0.1, 0.15) is 0 Å². The van der Waals surface area contributed by atoms with Gasteiger partial charge in [0.05, 0.1) is 6.10 Å². The first kappa shape index (κ1) is 7.84. The summed E-state index contributed by atoms with van der Waals surface area (Å²) >= 11 is 11.5. The number of hydrogen-bond donors (Lipinski definition) is 0. The van der Waals surface area contributed by atoms with Crippen molar-refractivity contribution < 1.29 is 9.53 Å². The van der Waals surface area contributed by atoms with Crippen LogP contribution in [0.15, 0.2) is 0 Å². The van der Waals surface area contributed by atoms with Gasteiger partial charge in [0, 0.05) is 0 Å². The summed E-state index contributed by atoms with van der Waals surface area (Å²) in [6, 6.07) is 0. The van der Waals surface area contributed by atoms with E-state index in [9.17, 15) is 4.79 Å².